The van der Waals surface area contributed by atoms with Crippen LogP contribution in [-0.4, -0.2) is 44.4 Å². The number of aryl methyl sites for hydroxylation is 1. The van der Waals surface area contributed by atoms with Gasteiger partial charge < -0.3 is 10.1 Å². The van der Waals surface area contributed by atoms with Crippen molar-refractivity contribution < 1.29 is 17.9 Å². The summed E-state index contributed by atoms with van der Waals surface area (Å²) in [5.41, 5.74) is 0.993. The van der Waals surface area contributed by atoms with Crippen LogP contribution in [0, 0.1) is 6.92 Å². The number of hydrogen-bond donors (Lipinski definition) is 1. The zero-order valence-electron chi connectivity index (χ0n) is 12.4. The van der Waals surface area contributed by atoms with Gasteiger partial charge in [0.25, 0.3) is 0 Å². The normalized spacial score (nSPS) is 17.1. The molecular formula is C14H21Cl2F3N2O. The van der Waals surface area contributed by atoms with E-state index in [9.17, 15) is 13.2 Å². The molecule has 3 nitrogen and oxygen atoms in total. The number of alkyl halides is 3. The van der Waals surface area contributed by atoms with E-state index in [0.29, 0.717) is 31.9 Å². The number of benzene rings is 1. The summed E-state index contributed by atoms with van der Waals surface area (Å²) >= 11 is 0. The van der Waals surface area contributed by atoms with E-state index < -0.39 is 12.2 Å². The molecule has 1 heterocycles. The van der Waals surface area contributed by atoms with Crippen LogP contribution < -0.4 is 10.1 Å². The topological polar surface area (TPSA) is 24.5 Å². The van der Waals surface area contributed by atoms with Gasteiger partial charge in [-0.2, -0.15) is 13.2 Å². The first-order valence-corrected chi connectivity index (χ1v) is 6.59. The number of ether oxygens (including phenoxy) is 1. The quantitative estimate of drug-likeness (QED) is 0.894. The Bertz CT molecular complexity index is 466. The first kappa shape index (κ1) is 21.3. The molecule has 0 aromatic heterocycles. The Kier molecular flexibility index (Phi) is 8.54. The molecule has 0 saturated carbocycles. The van der Waals surface area contributed by atoms with E-state index in [1.165, 1.54) is 18.1 Å². The third-order valence-electron chi connectivity index (χ3n) is 3.56. The second kappa shape index (κ2) is 8.82. The van der Waals surface area contributed by atoms with Gasteiger partial charge in [-0.05, 0) is 24.1 Å². The third-order valence-corrected chi connectivity index (χ3v) is 3.56. The average molecular weight is 361 g/mol. The SMILES string of the molecule is COc1ccc([C@H](N2CCNCC2)C(F)(F)F)cc1C.Cl.Cl. The zero-order chi connectivity index (χ0) is 14.8. The zero-order valence-corrected chi connectivity index (χ0v) is 14.1. The molecule has 8 heteroatoms. The van der Waals surface area contributed by atoms with Crippen LogP contribution in [0.25, 0.3) is 0 Å². The molecule has 1 saturated heterocycles. The molecule has 0 amide bonds. The maximum Gasteiger partial charge on any atom is 0.408 e. The second-order valence-electron chi connectivity index (χ2n) is 4.96. The lowest BCUT2D eigenvalue weighted by Crippen LogP contribution is -2.49. The van der Waals surface area contributed by atoms with Crippen molar-refractivity contribution in [2.45, 2.75) is 19.1 Å². The van der Waals surface area contributed by atoms with E-state index in [4.69, 9.17) is 4.74 Å². The molecule has 1 aromatic rings. The summed E-state index contributed by atoms with van der Waals surface area (Å²) in [6.07, 6.45) is -4.28. The number of rotatable bonds is 3. The van der Waals surface area contributed by atoms with Gasteiger partial charge in [0.1, 0.15) is 11.8 Å². The van der Waals surface area contributed by atoms with Crippen LogP contribution in [0.4, 0.5) is 13.2 Å². The van der Waals surface area contributed by atoms with Crippen molar-refractivity contribution in [1.82, 2.24) is 10.2 Å². The number of hydrogen-bond acceptors (Lipinski definition) is 3. The molecular weight excluding hydrogens is 340 g/mol. The Morgan fingerprint density at radius 2 is 1.77 bits per heavy atom. The summed E-state index contributed by atoms with van der Waals surface area (Å²) in [6, 6.07) is 3.13. The van der Waals surface area contributed by atoms with Crippen LogP contribution in [0.15, 0.2) is 18.2 Å². The van der Waals surface area contributed by atoms with Gasteiger partial charge in [0.15, 0.2) is 0 Å². The number of halogens is 5. The van der Waals surface area contributed by atoms with E-state index in [-0.39, 0.29) is 30.4 Å². The lowest BCUT2D eigenvalue weighted by Gasteiger charge is -2.36. The molecule has 128 valence electrons. The average Bonchev–Trinajstić information content (AvgIpc) is 2.39. The lowest BCUT2D eigenvalue weighted by atomic mass is 10.0. The van der Waals surface area contributed by atoms with Crippen LogP contribution in [0.3, 0.4) is 0 Å². The number of nitrogens with one attached hydrogen (secondary N) is 1. The molecule has 1 aromatic carbocycles. The molecule has 22 heavy (non-hydrogen) atoms. The largest absolute Gasteiger partial charge is 0.496 e. The molecule has 1 aliphatic heterocycles. The molecule has 1 aliphatic rings. The minimum atomic E-state index is -4.28. The molecule has 1 fully saturated rings. The van der Waals surface area contributed by atoms with Gasteiger partial charge in [0, 0.05) is 26.2 Å². The third kappa shape index (κ3) is 4.91. The van der Waals surface area contributed by atoms with Crippen molar-refractivity contribution in [2.75, 3.05) is 33.3 Å². The smallest absolute Gasteiger partial charge is 0.408 e. The van der Waals surface area contributed by atoms with Crippen LogP contribution in [0.1, 0.15) is 17.2 Å². The van der Waals surface area contributed by atoms with Crippen LogP contribution in [0.2, 0.25) is 0 Å². The highest BCUT2D eigenvalue weighted by molar-refractivity contribution is 5.85. The Hall–Kier alpha value is -0.690. The van der Waals surface area contributed by atoms with E-state index in [1.54, 1.807) is 19.1 Å². The Labute approximate surface area is 141 Å². The van der Waals surface area contributed by atoms with Crippen molar-refractivity contribution in [2.24, 2.45) is 0 Å². The first-order chi connectivity index (χ1) is 9.43. The summed E-state index contributed by atoms with van der Waals surface area (Å²) in [5, 5.41) is 3.07. The van der Waals surface area contributed by atoms with Crippen LogP contribution in [-0.2, 0) is 0 Å². The van der Waals surface area contributed by atoms with Gasteiger partial charge in [-0.25, -0.2) is 0 Å². The predicted molar refractivity (Wildman–Crippen MR) is 85.5 cm³/mol. The molecule has 1 N–H and O–H groups in total. The molecule has 0 aliphatic carbocycles. The molecule has 0 bridgehead atoms. The fourth-order valence-electron chi connectivity index (χ4n) is 2.62. The van der Waals surface area contributed by atoms with E-state index in [2.05, 4.69) is 5.32 Å². The summed E-state index contributed by atoms with van der Waals surface area (Å²) in [7, 11) is 1.51. The molecule has 2 rings (SSSR count). The van der Waals surface area contributed by atoms with Gasteiger partial charge in [0.05, 0.1) is 7.11 Å². The Morgan fingerprint density at radius 3 is 2.23 bits per heavy atom. The summed E-state index contributed by atoms with van der Waals surface area (Å²) in [6.45, 7) is 3.72. The second-order valence-corrected chi connectivity index (χ2v) is 4.96. The highest BCUT2D eigenvalue weighted by atomic mass is 35.5. The maximum absolute atomic E-state index is 13.4. The fourth-order valence-corrected chi connectivity index (χ4v) is 2.62. The summed E-state index contributed by atoms with van der Waals surface area (Å²) < 4.78 is 45.3. The van der Waals surface area contributed by atoms with Crippen molar-refractivity contribution in [3.8, 4) is 5.75 Å². The van der Waals surface area contributed by atoms with E-state index in [0.717, 1.165) is 5.56 Å². The number of methoxy groups -OCH3 is 1. The highest BCUT2D eigenvalue weighted by Gasteiger charge is 2.44. The Morgan fingerprint density at radius 1 is 1.18 bits per heavy atom. The van der Waals surface area contributed by atoms with Crippen molar-refractivity contribution in [3.05, 3.63) is 29.3 Å². The molecule has 0 radical (unpaired) electrons. The fraction of sp³-hybridized carbons (Fsp3) is 0.571. The molecule has 0 spiro atoms. The van der Waals surface area contributed by atoms with Gasteiger partial charge in [-0.15, -0.1) is 24.8 Å². The maximum atomic E-state index is 13.4. The predicted octanol–water partition coefficient (Wildman–Crippen LogP) is 3.36. The summed E-state index contributed by atoms with van der Waals surface area (Å²) in [5.74, 6) is 0.606. The van der Waals surface area contributed by atoms with Gasteiger partial charge >= 0.3 is 6.18 Å². The van der Waals surface area contributed by atoms with E-state index >= 15 is 0 Å². The first-order valence-electron chi connectivity index (χ1n) is 6.59. The Balaban J connectivity index is 0.00000220. The van der Waals surface area contributed by atoms with Crippen molar-refractivity contribution >= 4 is 24.8 Å². The monoisotopic (exact) mass is 360 g/mol. The lowest BCUT2D eigenvalue weighted by molar-refractivity contribution is -0.187. The van der Waals surface area contributed by atoms with Crippen LogP contribution >= 0.6 is 24.8 Å². The number of nitrogens with zero attached hydrogens (tertiary/aromatic N) is 1. The van der Waals surface area contributed by atoms with E-state index in [1.807, 2.05) is 0 Å². The van der Waals surface area contributed by atoms with Gasteiger partial charge in [-0.1, -0.05) is 12.1 Å². The van der Waals surface area contributed by atoms with Crippen molar-refractivity contribution in [3.63, 3.8) is 0 Å². The van der Waals surface area contributed by atoms with Crippen LogP contribution in [0.5, 0.6) is 5.75 Å². The van der Waals surface area contributed by atoms with Gasteiger partial charge in [0.2, 0.25) is 0 Å². The van der Waals surface area contributed by atoms with Gasteiger partial charge in [-0.3, -0.25) is 4.90 Å². The standard InChI is InChI=1S/C14H19F3N2O.2ClH/c1-10-9-11(3-4-12(10)20-2)13(14(15,16)17)19-7-5-18-6-8-19;;/h3-4,9,13,18H,5-8H2,1-2H3;2*1H/t13-;;/m0../s1. The minimum absolute atomic E-state index is 0. The molecule has 0 unspecified atom stereocenters. The highest BCUT2D eigenvalue weighted by Crippen LogP contribution is 2.39. The minimum Gasteiger partial charge on any atom is -0.496 e. The summed E-state index contributed by atoms with van der Waals surface area (Å²) in [4.78, 5) is 1.48. The number of piperazine rings is 1. The van der Waals surface area contributed by atoms with Crippen molar-refractivity contribution in [1.29, 1.82) is 0 Å². The molecule has 1 atom stereocenters.